The number of fused-ring (bicyclic) bond motifs is 2. The zero-order chi connectivity index (χ0) is 22.7. The van der Waals surface area contributed by atoms with Crippen LogP contribution in [0.25, 0.3) is 10.8 Å². The van der Waals surface area contributed by atoms with Crippen LogP contribution in [0, 0.1) is 0 Å². The second-order valence-electron chi connectivity index (χ2n) is 7.28. The minimum atomic E-state index is -0.470. The van der Waals surface area contributed by atoms with Crippen molar-refractivity contribution in [1.82, 2.24) is 4.90 Å². The van der Waals surface area contributed by atoms with Crippen molar-refractivity contribution in [2.24, 2.45) is 0 Å². The third-order valence-corrected chi connectivity index (χ3v) is 6.46. The van der Waals surface area contributed by atoms with Crippen LogP contribution in [0.4, 0.5) is 9.80 Å². The van der Waals surface area contributed by atoms with Crippen molar-refractivity contribution in [2.75, 3.05) is 25.1 Å². The predicted molar refractivity (Wildman–Crippen MR) is 123 cm³/mol. The van der Waals surface area contributed by atoms with Gasteiger partial charge in [-0.25, -0.2) is 9.59 Å². The highest BCUT2D eigenvalue weighted by molar-refractivity contribution is 7.17. The van der Waals surface area contributed by atoms with E-state index in [-0.39, 0.29) is 18.6 Å². The van der Waals surface area contributed by atoms with Gasteiger partial charge in [-0.05, 0) is 42.7 Å². The highest BCUT2D eigenvalue weighted by Crippen LogP contribution is 2.38. The van der Waals surface area contributed by atoms with Gasteiger partial charge in [0, 0.05) is 17.0 Å². The topological polar surface area (TPSA) is 84.9 Å². The van der Waals surface area contributed by atoms with Crippen LogP contribution >= 0.6 is 11.3 Å². The lowest BCUT2D eigenvalue weighted by molar-refractivity contribution is 0.0526. The smallest absolute Gasteiger partial charge is 0.410 e. The second-order valence-corrected chi connectivity index (χ2v) is 8.38. The number of carbonyl (C=O) groups is 3. The third kappa shape index (κ3) is 4.18. The highest BCUT2D eigenvalue weighted by atomic mass is 32.1. The van der Waals surface area contributed by atoms with Gasteiger partial charge >= 0.3 is 12.1 Å². The number of anilines is 1. The molecule has 0 aliphatic carbocycles. The Morgan fingerprint density at radius 3 is 2.56 bits per heavy atom. The van der Waals surface area contributed by atoms with Crippen LogP contribution in [0.3, 0.4) is 0 Å². The van der Waals surface area contributed by atoms with Crippen LogP contribution in [-0.4, -0.2) is 42.6 Å². The average molecular weight is 453 g/mol. The van der Waals surface area contributed by atoms with Crippen molar-refractivity contribution >= 4 is 45.1 Å². The fourth-order valence-corrected chi connectivity index (χ4v) is 5.12. The standard InChI is InChI=1S/C24H24N2O5S/c1-3-30-23(28)20-18-12-13-26(24(29)31-4-2)14-19(18)32-22(20)25-21(27)17-11-7-9-15-8-5-6-10-16(15)17/h5-11H,3-4,12-14H2,1-2H3,(H,25,27). The highest BCUT2D eigenvalue weighted by Gasteiger charge is 2.31. The molecule has 166 valence electrons. The van der Waals surface area contributed by atoms with E-state index in [0.717, 1.165) is 21.2 Å². The Balaban J connectivity index is 1.68. The van der Waals surface area contributed by atoms with Crippen molar-refractivity contribution in [3.8, 4) is 0 Å². The van der Waals surface area contributed by atoms with Crippen LogP contribution < -0.4 is 5.32 Å². The molecule has 0 unspecified atom stereocenters. The number of hydrogen-bond acceptors (Lipinski definition) is 6. The SMILES string of the molecule is CCOC(=O)c1c(NC(=O)c2cccc3ccccc23)sc2c1CCN(C(=O)OCC)C2. The van der Waals surface area contributed by atoms with Gasteiger partial charge in [-0.1, -0.05) is 36.4 Å². The molecule has 0 saturated carbocycles. The lowest BCUT2D eigenvalue weighted by Crippen LogP contribution is -2.36. The number of ether oxygens (including phenoxy) is 2. The zero-order valence-electron chi connectivity index (χ0n) is 18.0. The summed E-state index contributed by atoms with van der Waals surface area (Å²) in [5.41, 5.74) is 1.73. The fourth-order valence-electron chi connectivity index (χ4n) is 3.88. The Bertz CT molecular complexity index is 1180. The maximum Gasteiger partial charge on any atom is 0.410 e. The first-order valence-corrected chi connectivity index (χ1v) is 11.4. The van der Waals surface area contributed by atoms with Crippen molar-refractivity contribution in [3.05, 3.63) is 64.0 Å². The van der Waals surface area contributed by atoms with Crippen LogP contribution in [0.1, 0.15) is 45.0 Å². The summed E-state index contributed by atoms with van der Waals surface area (Å²) in [7, 11) is 0. The van der Waals surface area contributed by atoms with Crippen molar-refractivity contribution < 1.29 is 23.9 Å². The van der Waals surface area contributed by atoms with Crippen molar-refractivity contribution in [1.29, 1.82) is 0 Å². The van der Waals surface area contributed by atoms with E-state index >= 15 is 0 Å². The third-order valence-electron chi connectivity index (χ3n) is 5.32. The molecular formula is C24H24N2O5S. The number of hydrogen-bond donors (Lipinski definition) is 1. The first kappa shape index (κ1) is 21.8. The molecule has 0 spiro atoms. The molecule has 7 nitrogen and oxygen atoms in total. The van der Waals surface area contributed by atoms with Gasteiger partial charge in [-0.15, -0.1) is 11.3 Å². The monoisotopic (exact) mass is 452 g/mol. The molecule has 8 heteroatoms. The molecular weight excluding hydrogens is 428 g/mol. The molecule has 2 amide bonds. The van der Waals surface area contributed by atoms with Crippen LogP contribution in [0.2, 0.25) is 0 Å². The summed E-state index contributed by atoms with van der Waals surface area (Å²) in [5, 5.41) is 5.16. The molecule has 0 saturated heterocycles. The van der Waals surface area contributed by atoms with Gasteiger partial charge in [-0.2, -0.15) is 0 Å². The Morgan fingerprint density at radius 2 is 1.78 bits per heavy atom. The molecule has 2 aromatic carbocycles. The number of amides is 2. The molecule has 1 N–H and O–H groups in total. The fraction of sp³-hybridized carbons (Fsp3) is 0.292. The van der Waals surface area contributed by atoms with Gasteiger partial charge in [0.2, 0.25) is 0 Å². The number of nitrogens with zero attached hydrogens (tertiary/aromatic N) is 1. The number of rotatable bonds is 5. The van der Waals surface area contributed by atoms with E-state index in [1.54, 1.807) is 24.8 Å². The van der Waals surface area contributed by atoms with E-state index in [1.165, 1.54) is 11.3 Å². The van der Waals surface area contributed by atoms with E-state index in [9.17, 15) is 14.4 Å². The normalized spacial score (nSPS) is 12.9. The summed E-state index contributed by atoms with van der Waals surface area (Å²) >= 11 is 1.30. The van der Waals surface area contributed by atoms with E-state index in [4.69, 9.17) is 9.47 Å². The Morgan fingerprint density at radius 1 is 1.03 bits per heavy atom. The summed E-state index contributed by atoms with van der Waals surface area (Å²) in [6.07, 6.45) is 0.105. The molecule has 2 heterocycles. The Kier molecular flexibility index (Phi) is 6.41. The summed E-state index contributed by atoms with van der Waals surface area (Å²) < 4.78 is 10.4. The largest absolute Gasteiger partial charge is 0.462 e. The Labute approximate surface area is 189 Å². The number of esters is 1. The maximum absolute atomic E-state index is 13.2. The van der Waals surface area contributed by atoms with E-state index in [2.05, 4.69) is 5.32 Å². The molecule has 3 aromatic rings. The van der Waals surface area contributed by atoms with Gasteiger partial charge in [0.1, 0.15) is 5.00 Å². The van der Waals surface area contributed by atoms with Crippen LogP contribution in [0.15, 0.2) is 42.5 Å². The zero-order valence-corrected chi connectivity index (χ0v) is 18.8. The lowest BCUT2D eigenvalue weighted by atomic mass is 10.0. The number of thiophene rings is 1. The van der Waals surface area contributed by atoms with Crippen molar-refractivity contribution in [3.63, 3.8) is 0 Å². The van der Waals surface area contributed by atoms with Crippen LogP contribution in [-0.2, 0) is 22.4 Å². The van der Waals surface area contributed by atoms with E-state index in [1.807, 2.05) is 36.4 Å². The molecule has 0 atom stereocenters. The maximum atomic E-state index is 13.2. The van der Waals surface area contributed by atoms with Gasteiger partial charge < -0.3 is 19.7 Å². The number of nitrogens with one attached hydrogen (secondary N) is 1. The molecule has 32 heavy (non-hydrogen) atoms. The summed E-state index contributed by atoms with van der Waals surface area (Å²) in [5.74, 6) is -0.768. The first-order valence-electron chi connectivity index (χ1n) is 10.6. The first-order chi connectivity index (χ1) is 15.5. The molecule has 4 rings (SSSR count). The molecule has 1 aromatic heterocycles. The van der Waals surface area contributed by atoms with Gasteiger partial charge in [-0.3, -0.25) is 4.79 Å². The van der Waals surface area contributed by atoms with E-state index in [0.29, 0.717) is 42.2 Å². The molecule has 1 aliphatic rings. The summed E-state index contributed by atoms with van der Waals surface area (Å²) in [6.45, 7) is 4.80. The van der Waals surface area contributed by atoms with E-state index < -0.39 is 5.97 Å². The van der Waals surface area contributed by atoms with Crippen LogP contribution in [0.5, 0.6) is 0 Å². The van der Waals surface area contributed by atoms with Crippen molar-refractivity contribution in [2.45, 2.75) is 26.8 Å². The van der Waals surface area contributed by atoms with Gasteiger partial charge in [0.25, 0.3) is 5.91 Å². The lowest BCUT2D eigenvalue weighted by Gasteiger charge is -2.26. The minimum Gasteiger partial charge on any atom is -0.462 e. The average Bonchev–Trinajstić information content (AvgIpc) is 3.16. The molecule has 0 fully saturated rings. The van der Waals surface area contributed by atoms with Gasteiger partial charge in [0.05, 0.1) is 25.3 Å². The summed E-state index contributed by atoms with van der Waals surface area (Å²) in [6, 6.07) is 13.2. The number of benzene rings is 2. The van der Waals surface area contributed by atoms with Gasteiger partial charge in [0.15, 0.2) is 0 Å². The molecule has 0 bridgehead atoms. The summed E-state index contributed by atoms with van der Waals surface area (Å²) in [4.78, 5) is 40.6. The minimum absolute atomic E-state index is 0.231. The molecule has 0 radical (unpaired) electrons. The number of carbonyl (C=O) groups excluding carboxylic acids is 3. The predicted octanol–water partition coefficient (Wildman–Crippen LogP) is 4.84. The second kappa shape index (κ2) is 9.40. The molecule has 1 aliphatic heterocycles. The Hall–Kier alpha value is -3.39. The quantitative estimate of drug-likeness (QED) is 0.560.